The Balaban J connectivity index is 3.00. The molecular weight excluding hydrogens is 204 g/mol. The topological polar surface area (TPSA) is 62.1 Å². The molecule has 0 fully saturated rings. The van der Waals surface area contributed by atoms with Crippen molar-refractivity contribution in [2.45, 2.75) is 19.9 Å². The van der Waals surface area contributed by atoms with E-state index in [9.17, 15) is 4.79 Å². The lowest BCUT2D eigenvalue weighted by atomic mass is 10.1. The van der Waals surface area contributed by atoms with Crippen LogP contribution in [-0.2, 0) is 4.79 Å². The van der Waals surface area contributed by atoms with Crippen molar-refractivity contribution in [3.05, 3.63) is 29.8 Å². The molecule has 1 unspecified atom stereocenters. The zero-order valence-corrected chi connectivity index (χ0v) is 9.36. The molecule has 1 aromatic rings. The van der Waals surface area contributed by atoms with E-state index in [-0.39, 0.29) is 5.91 Å². The first-order chi connectivity index (χ1) is 7.69. The molecule has 1 aromatic carbocycles. The van der Waals surface area contributed by atoms with Crippen LogP contribution in [-0.4, -0.2) is 12.5 Å². The Bertz CT molecular complexity index is 410. The number of carbonyl (C=O) groups is 1. The fourth-order valence-electron chi connectivity index (χ4n) is 1.39. The number of hydrogen-bond donors (Lipinski definition) is 1. The Kier molecular flexibility index (Phi) is 4.34. The Morgan fingerprint density at radius 2 is 2.25 bits per heavy atom. The Labute approximate surface area is 94.8 Å². The standard InChI is InChI=1S/C12H14N2O2/c1-3-16-12-7-5-4-6-10(12)11(8-13)14-9(2)15/h4-7,11H,3H2,1-2H3,(H,14,15). The van der Waals surface area contributed by atoms with E-state index in [4.69, 9.17) is 10.00 Å². The van der Waals surface area contributed by atoms with E-state index in [1.54, 1.807) is 12.1 Å². The van der Waals surface area contributed by atoms with E-state index < -0.39 is 6.04 Å². The predicted molar refractivity (Wildman–Crippen MR) is 59.8 cm³/mol. The molecule has 1 amide bonds. The molecule has 0 aliphatic rings. The number of hydrogen-bond acceptors (Lipinski definition) is 3. The van der Waals surface area contributed by atoms with Crippen molar-refractivity contribution in [1.82, 2.24) is 5.32 Å². The van der Waals surface area contributed by atoms with E-state index in [0.717, 1.165) is 0 Å². The highest BCUT2D eigenvalue weighted by Gasteiger charge is 2.15. The average molecular weight is 218 g/mol. The highest BCUT2D eigenvalue weighted by molar-refractivity contribution is 5.74. The number of rotatable bonds is 4. The third-order valence-electron chi connectivity index (χ3n) is 2.01. The zero-order valence-electron chi connectivity index (χ0n) is 9.36. The molecule has 0 aromatic heterocycles. The molecule has 0 saturated heterocycles. The van der Waals surface area contributed by atoms with Gasteiger partial charge < -0.3 is 10.1 Å². The van der Waals surface area contributed by atoms with Gasteiger partial charge in [-0.15, -0.1) is 0 Å². The number of para-hydroxylation sites is 1. The molecular formula is C12H14N2O2. The van der Waals surface area contributed by atoms with Crippen LogP contribution >= 0.6 is 0 Å². The molecule has 0 aliphatic carbocycles. The minimum Gasteiger partial charge on any atom is -0.493 e. The number of nitrogens with one attached hydrogen (secondary N) is 1. The number of amides is 1. The number of nitriles is 1. The van der Waals surface area contributed by atoms with Gasteiger partial charge in [-0.25, -0.2) is 0 Å². The summed E-state index contributed by atoms with van der Waals surface area (Å²) in [6.07, 6.45) is 0. The first kappa shape index (κ1) is 12.1. The lowest BCUT2D eigenvalue weighted by Crippen LogP contribution is -2.25. The van der Waals surface area contributed by atoms with Gasteiger partial charge in [-0.3, -0.25) is 4.79 Å². The quantitative estimate of drug-likeness (QED) is 0.838. The summed E-state index contributed by atoms with van der Waals surface area (Å²) in [4.78, 5) is 11.0. The first-order valence-electron chi connectivity index (χ1n) is 5.07. The van der Waals surface area contributed by atoms with Gasteiger partial charge in [0.1, 0.15) is 11.8 Å². The minimum absolute atomic E-state index is 0.238. The molecule has 4 nitrogen and oxygen atoms in total. The van der Waals surface area contributed by atoms with Crippen LogP contribution in [0.2, 0.25) is 0 Å². The van der Waals surface area contributed by atoms with E-state index >= 15 is 0 Å². The van der Waals surface area contributed by atoms with Crippen molar-refractivity contribution in [2.75, 3.05) is 6.61 Å². The highest BCUT2D eigenvalue weighted by Crippen LogP contribution is 2.24. The van der Waals surface area contributed by atoms with Crippen molar-refractivity contribution >= 4 is 5.91 Å². The van der Waals surface area contributed by atoms with E-state index in [1.165, 1.54) is 6.92 Å². The lowest BCUT2D eigenvalue weighted by Gasteiger charge is -2.14. The van der Waals surface area contributed by atoms with Crippen LogP contribution in [0.3, 0.4) is 0 Å². The monoisotopic (exact) mass is 218 g/mol. The van der Waals surface area contributed by atoms with Crippen molar-refractivity contribution in [3.8, 4) is 11.8 Å². The summed E-state index contributed by atoms with van der Waals surface area (Å²) in [5.74, 6) is 0.392. The molecule has 1 N–H and O–H groups in total. The largest absolute Gasteiger partial charge is 0.493 e. The average Bonchev–Trinajstić information content (AvgIpc) is 2.27. The molecule has 0 saturated carbocycles. The summed E-state index contributed by atoms with van der Waals surface area (Å²) in [5.41, 5.74) is 0.682. The Morgan fingerprint density at radius 1 is 1.56 bits per heavy atom. The number of benzene rings is 1. The van der Waals surface area contributed by atoms with Crippen molar-refractivity contribution < 1.29 is 9.53 Å². The number of carbonyl (C=O) groups excluding carboxylic acids is 1. The zero-order chi connectivity index (χ0) is 12.0. The summed E-state index contributed by atoms with van der Waals surface area (Å²) in [7, 11) is 0. The fraction of sp³-hybridized carbons (Fsp3) is 0.333. The van der Waals surface area contributed by atoms with Crippen LogP contribution in [0.15, 0.2) is 24.3 Å². The molecule has 1 rings (SSSR count). The first-order valence-corrected chi connectivity index (χ1v) is 5.07. The maximum absolute atomic E-state index is 11.0. The molecule has 0 bridgehead atoms. The second-order valence-corrected chi connectivity index (χ2v) is 3.23. The summed E-state index contributed by atoms with van der Waals surface area (Å²) >= 11 is 0. The molecule has 4 heteroatoms. The molecule has 16 heavy (non-hydrogen) atoms. The number of nitrogens with zero attached hydrogens (tertiary/aromatic N) is 1. The smallest absolute Gasteiger partial charge is 0.218 e. The third-order valence-corrected chi connectivity index (χ3v) is 2.01. The van der Waals surface area contributed by atoms with Crippen LogP contribution in [0.5, 0.6) is 5.75 Å². The van der Waals surface area contributed by atoms with Gasteiger partial charge in [0.25, 0.3) is 0 Å². The summed E-state index contributed by atoms with van der Waals surface area (Å²) < 4.78 is 5.40. The Hall–Kier alpha value is -2.02. The van der Waals surface area contributed by atoms with Gasteiger partial charge in [0.15, 0.2) is 0 Å². The van der Waals surface area contributed by atoms with Gasteiger partial charge >= 0.3 is 0 Å². The molecule has 0 radical (unpaired) electrons. The predicted octanol–water partition coefficient (Wildman–Crippen LogP) is 1.79. The van der Waals surface area contributed by atoms with Crippen molar-refractivity contribution in [3.63, 3.8) is 0 Å². The fourth-order valence-corrected chi connectivity index (χ4v) is 1.39. The molecule has 0 heterocycles. The summed E-state index contributed by atoms with van der Waals surface area (Å²) in [6, 6.07) is 8.57. The number of ether oxygens (including phenoxy) is 1. The summed E-state index contributed by atoms with van der Waals surface area (Å²) in [5, 5.41) is 11.6. The normalized spacial score (nSPS) is 11.3. The van der Waals surface area contributed by atoms with Crippen LogP contribution in [0.25, 0.3) is 0 Å². The van der Waals surface area contributed by atoms with Crippen molar-refractivity contribution in [1.29, 1.82) is 5.26 Å². The summed E-state index contributed by atoms with van der Waals surface area (Å²) in [6.45, 7) is 3.78. The highest BCUT2D eigenvalue weighted by atomic mass is 16.5. The van der Waals surface area contributed by atoms with Gasteiger partial charge in [0.05, 0.1) is 12.7 Å². The molecule has 84 valence electrons. The van der Waals surface area contributed by atoms with Gasteiger partial charge in [0.2, 0.25) is 5.91 Å². The Morgan fingerprint density at radius 3 is 2.81 bits per heavy atom. The maximum Gasteiger partial charge on any atom is 0.218 e. The second kappa shape index (κ2) is 5.76. The molecule has 1 atom stereocenters. The molecule has 0 aliphatic heterocycles. The van der Waals surface area contributed by atoms with E-state index in [1.807, 2.05) is 25.1 Å². The lowest BCUT2D eigenvalue weighted by molar-refractivity contribution is -0.119. The maximum atomic E-state index is 11.0. The van der Waals surface area contributed by atoms with Gasteiger partial charge in [0, 0.05) is 12.5 Å². The van der Waals surface area contributed by atoms with E-state index in [0.29, 0.717) is 17.9 Å². The van der Waals surface area contributed by atoms with Crippen LogP contribution in [0.1, 0.15) is 25.5 Å². The van der Waals surface area contributed by atoms with Gasteiger partial charge in [-0.05, 0) is 13.0 Å². The molecule has 0 spiro atoms. The van der Waals surface area contributed by atoms with Crippen LogP contribution in [0, 0.1) is 11.3 Å². The van der Waals surface area contributed by atoms with Crippen molar-refractivity contribution in [2.24, 2.45) is 0 Å². The second-order valence-electron chi connectivity index (χ2n) is 3.23. The van der Waals surface area contributed by atoms with Crippen LogP contribution in [0.4, 0.5) is 0 Å². The van der Waals surface area contributed by atoms with E-state index in [2.05, 4.69) is 5.32 Å². The SMILES string of the molecule is CCOc1ccccc1C(C#N)NC(C)=O. The van der Waals surface area contributed by atoms with Gasteiger partial charge in [-0.1, -0.05) is 18.2 Å². The minimum atomic E-state index is -0.666. The van der Waals surface area contributed by atoms with Gasteiger partial charge in [-0.2, -0.15) is 5.26 Å². The van der Waals surface area contributed by atoms with Crippen LogP contribution < -0.4 is 10.1 Å². The third kappa shape index (κ3) is 2.99.